The molecule has 1 N–H and O–H groups in total. The van der Waals surface area contributed by atoms with Gasteiger partial charge in [-0.3, -0.25) is 5.41 Å². The van der Waals surface area contributed by atoms with Crippen molar-refractivity contribution in [2.45, 2.75) is 6.54 Å². The monoisotopic (exact) mass is 316 g/mol. The number of aromatic nitrogens is 6. The number of aryl methyl sites for hydroxylation is 1. The molecule has 3 heterocycles. The van der Waals surface area contributed by atoms with Crippen molar-refractivity contribution in [1.29, 1.82) is 5.41 Å². The van der Waals surface area contributed by atoms with E-state index in [0.717, 1.165) is 6.20 Å². The summed E-state index contributed by atoms with van der Waals surface area (Å²) < 4.78 is 4.12. The van der Waals surface area contributed by atoms with Crippen molar-refractivity contribution in [3.63, 3.8) is 0 Å². The summed E-state index contributed by atoms with van der Waals surface area (Å²) in [6.45, 7) is -0.0170. The molecule has 0 bridgehead atoms. The van der Waals surface area contributed by atoms with Gasteiger partial charge in [0.1, 0.15) is 18.0 Å². The summed E-state index contributed by atoms with van der Waals surface area (Å²) in [6.07, 6.45) is 3.17. The number of carbonyl (C=O) groups is 1. The van der Waals surface area contributed by atoms with Crippen LogP contribution in [0.5, 0.6) is 0 Å². The second kappa shape index (κ2) is 5.12. The highest BCUT2D eigenvalue weighted by Crippen LogP contribution is 2.25. The van der Waals surface area contributed by atoms with E-state index in [1.54, 1.807) is 7.05 Å². The smallest absolute Gasteiger partial charge is 0.342 e. The fourth-order valence-electron chi connectivity index (χ4n) is 2.37. The van der Waals surface area contributed by atoms with E-state index in [-0.39, 0.29) is 23.7 Å². The summed E-state index contributed by atoms with van der Waals surface area (Å²) in [5.41, 5.74) is 0.768. The van der Waals surface area contributed by atoms with Gasteiger partial charge in [0.05, 0.1) is 25.3 Å². The Labute approximate surface area is 128 Å². The fourth-order valence-corrected chi connectivity index (χ4v) is 2.37. The predicted octanol–water partition coefficient (Wildman–Crippen LogP) is -0.243. The molecule has 0 aliphatic rings. The first kappa shape index (κ1) is 14.6. The van der Waals surface area contributed by atoms with E-state index in [0.29, 0.717) is 23.0 Å². The van der Waals surface area contributed by atoms with Crippen LogP contribution < -0.4 is 5.49 Å². The van der Waals surface area contributed by atoms with Crippen LogP contribution in [0.1, 0.15) is 0 Å². The molecule has 0 radical (unpaired) electrons. The number of fused-ring (bicyclic) bond motifs is 1. The van der Waals surface area contributed by atoms with Gasteiger partial charge in [-0.15, -0.1) is 0 Å². The van der Waals surface area contributed by atoms with Crippen LogP contribution >= 0.6 is 0 Å². The number of nitrogens with one attached hydrogen (secondary N) is 1. The van der Waals surface area contributed by atoms with E-state index in [2.05, 4.69) is 15.1 Å². The van der Waals surface area contributed by atoms with Gasteiger partial charge in [-0.25, -0.2) is 19.2 Å². The van der Waals surface area contributed by atoms with E-state index in [1.165, 1.54) is 27.2 Å². The molecule has 3 aromatic rings. The molecule has 0 unspecified atom stereocenters. The minimum absolute atomic E-state index is 0.0170. The third-order valence-electron chi connectivity index (χ3n) is 3.49. The van der Waals surface area contributed by atoms with E-state index < -0.39 is 4.92 Å². The topological polar surface area (TPSA) is 138 Å². The van der Waals surface area contributed by atoms with Gasteiger partial charge in [-0.1, -0.05) is 0 Å². The van der Waals surface area contributed by atoms with Gasteiger partial charge in [0.25, 0.3) is 0 Å². The molecule has 23 heavy (non-hydrogen) atoms. The lowest BCUT2D eigenvalue weighted by Gasteiger charge is -2.02. The van der Waals surface area contributed by atoms with Crippen molar-refractivity contribution in [1.82, 2.24) is 28.9 Å². The van der Waals surface area contributed by atoms with Crippen molar-refractivity contribution < 1.29 is 9.72 Å². The van der Waals surface area contributed by atoms with Crippen molar-refractivity contribution >= 4 is 23.1 Å². The maximum Gasteiger partial charge on any atom is 0.342 e. The number of nitro groups is 1. The summed E-state index contributed by atoms with van der Waals surface area (Å²) in [6, 6.07) is 0. The molecular formula is C12H12N8O3. The first-order chi connectivity index (χ1) is 11.0. The number of nitrogens with zero attached hydrogens (tertiary/aromatic N) is 7. The second-order valence-corrected chi connectivity index (χ2v) is 4.84. The Morgan fingerprint density at radius 1 is 1.39 bits per heavy atom. The maximum absolute atomic E-state index is 11.0. The Morgan fingerprint density at radius 3 is 2.74 bits per heavy atom. The summed E-state index contributed by atoms with van der Waals surface area (Å²) in [4.78, 5) is 29.4. The zero-order chi connectivity index (χ0) is 16.7. The normalized spacial score (nSPS) is 11.0. The van der Waals surface area contributed by atoms with Crippen LogP contribution in [0.15, 0.2) is 12.5 Å². The van der Waals surface area contributed by atoms with E-state index in [4.69, 9.17) is 5.41 Å². The molecule has 3 rings (SSSR count). The Kier molecular flexibility index (Phi) is 3.24. The highest BCUT2D eigenvalue weighted by Gasteiger charge is 2.24. The van der Waals surface area contributed by atoms with Gasteiger partial charge in [0.15, 0.2) is 11.3 Å². The molecule has 0 spiro atoms. The molecule has 0 amide bonds. The quantitative estimate of drug-likeness (QED) is 0.400. The lowest BCUT2D eigenvalue weighted by Crippen LogP contribution is -2.21. The van der Waals surface area contributed by atoms with Gasteiger partial charge in [0, 0.05) is 7.05 Å². The first-order valence-corrected chi connectivity index (χ1v) is 6.52. The summed E-state index contributed by atoms with van der Waals surface area (Å²) in [7, 11) is 3.15. The Morgan fingerprint density at radius 2 is 2.13 bits per heavy atom. The maximum atomic E-state index is 11.0. The minimum atomic E-state index is -0.548. The third-order valence-corrected chi connectivity index (χ3v) is 3.49. The van der Waals surface area contributed by atoms with Gasteiger partial charge >= 0.3 is 5.82 Å². The number of hydrogen-bond donors (Lipinski definition) is 1. The molecule has 3 aromatic heterocycles. The van der Waals surface area contributed by atoms with Crippen molar-refractivity contribution in [2.75, 3.05) is 0 Å². The van der Waals surface area contributed by atoms with Crippen LogP contribution in [-0.2, 0) is 25.4 Å². The largest absolute Gasteiger partial charge is 0.358 e. The zero-order valence-corrected chi connectivity index (χ0v) is 12.3. The molecular weight excluding hydrogens is 304 g/mol. The molecule has 0 fully saturated rings. The average Bonchev–Trinajstić information content (AvgIpc) is 3.03. The van der Waals surface area contributed by atoms with Crippen LogP contribution in [0.3, 0.4) is 0 Å². The number of aldehydes is 1. The molecule has 0 atom stereocenters. The molecule has 0 saturated carbocycles. The van der Waals surface area contributed by atoms with Crippen LogP contribution in [0.25, 0.3) is 22.6 Å². The van der Waals surface area contributed by atoms with E-state index in [9.17, 15) is 14.9 Å². The zero-order valence-electron chi connectivity index (χ0n) is 12.3. The van der Waals surface area contributed by atoms with Gasteiger partial charge < -0.3 is 19.5 Å². The lowest BCUT2D eigenvalue weighted by molar-refractivity contribution is -0.391. The Bertz CT molecular complexity index is 996. The van der Waals surface area contributed by atoms with Gasteiger partial charge in [0.2, 0.25) is 5.82 Å². The van der Waals surface area contributed by atoms with Gasteiger partial charge in [-0.2, -0.15) is 5.10 Å². The molecule has 0 aliphatic carbocycles. The highest BCUT2D eigenvalue weighted by molar-refractivity contribution is 5.88. The van der Waals surface area contributed by atoms with E-state index in [1.807, 2.05) is 0 Å². The van der Waals surface area contributed by atoms with Crippen LogP contribution in [0, 0.1) is 15.5 Å². The fraction of sp³-hybridized carbons (Fsp3) is 0.250. The number of rotatable bonds is 4. The van der Waals surface area contributed by atoms with Crippen molar-refractivity contribution in [3.8, 4) is 11.5 Å². The Hall–Kier alpha value is -3.37. The molecule has 118 valence electrons. The Balaban J connectivity index is 2.34. The van der Waals surface area contributed by atoms with Crippen LogP contribution in [0.4, 0.5) is 5.82 Å². The standard InChI is InChI=1S/C12H12N8O3/c1-17-7(20(22)23)5-14-12(17)9-8-10(13)19(3-4-21)6-15-11(8)18(2)16-9/h4-6,13H,3H2,1-2H3. The summed E-state index contributed by atoms with van der Waals surface area (Å²) >= 11 is 0. The second-order valence-electron chi connectivity index (χ2n) is 4.84. The first-order valence-electron chi connectivity index (χ1n) is 6.52. The molecule has 11 nitrogen and oxygen atoms in total. The summed E-state index contributed by atoms with van der Waals surface area (Å²) in [5.74, 6) is 0.0662. The molecule has 0 saturated heterocycles. The van der Waals surface area contributed by atoms with Crippen LogP contribution in [-0.4, -0.2) is 40.1 Å². The van der Waals surface area contributed by atoms with Crippen molar-refractivity contribution in [3.05, 3.63) is 28.1 Å². The molecule has 11 heteroatoms. The average molecular weight is 316 g/mol. The van der Waals surface area contributed by atoms with Crippen LogP contribution in [0.2, 0.25) is 0 Å². The SMILES string of the molecule is Cn1c([N+](=O)[O-])cnc1-c1nn(C)c2ncn(CC=O)c(=N)c12. The number of hydrogen-bond acceptors (Lipinski definition) is 7. The van der Waals surface area contributed by atoms with E-state index >= 15 is 0 Å². The summed E-state index contributed by atoms with van der Waals surface area (Å²) in [5, 5.41) is 23.9. The highest BCUT2D eigenvalue weighted by atomic mass is 16.6. The van der Waals surface area contributed by atoms with Gasteiger partial charge in [-0.05, 0) is 4.92 Å². The molecule has 0 aliphatic heterocycles. The minimum Gasteiger partial charge on any atom is -0.358 e. The number of carbonyl (C=O) groups excluding carboxylic acids is 1. The third kappa shape index (κ3) is 2.09. The lowest BCUT2D eigenvalue weighted by atomic mass is 10.3. The number of imidazole rings is 1. The van der Waals surface area contributed by atoms with Crippen molar-refractivity contribution in [2.24, 2.45) is 14.1 Å². The predicted molar refractivity (Wildman–Crippen MR) is 77.3 cm³/mol. The molecule has 0 aromatic carbocycles.